The number of aryl methyl sites for hydroxylation is 2. The fourth-order valence-corrected chi connectivity index (χ4v) is 2.71. The molecule has 4 nitrogen and oxygen atoms in total. The number of pyridine rings is 1. The molecular weight excluding hydrogens is 214 g/mol. The Balaban J connectivity index is 1.96. The molecule has 1 saturated heterocycles. The molecular formula is C13H19N3O. The van der Waals surface area contributed by atoms with Gasteiger partial charge in [0, 0.05) is 30.9 Å². The molecule has 1 aliphatic carbocycles. The standard InChI is InChI=1S/C13H19N3O/c14-9-11-8-10-2-1-3-12(10)15-13(11)16-4-6-17-7-5-16/h8H,1-7,9,14H2. The maximum absolute atomic E-state index is 5.85. The monoisotopic (exact) mass is 233 g/mol. The van der Waals surface area contributed by atoms with Crippen LogP contribution in [0.3, 0.4) is 0 Å². The SMILES string of the molecule is NCc1cc2c(nc1N1CCOCC1)CCC2. The van der Waals surface area contributed by atoms with E-state index in [2.05, 4.69) is 11.0 Å². The predicted octanol–water partition coefficient (Wildman–Crippen LogP) is 0.866. The fraction of sp³-hybridized carbons (Fsp3) is 0.615. The minimum atomic E-state index is 0.576. The average Bonchev–Trinajstić information content (AvgIpc) is 2.85. The molecule has 0 spiro atoms. The fourth-order valence-electron chi connectivity index (χ4n) is 2.71. The minimum Gasteiger partial charge on any atom is -0.378 e. The average molecular weight is 233 g/mol. The third-order valence-electron chi connectivity index (χ3n) is 3.64. The lowest BCUT2D eigenvalue weighted by molar-refractivity contribution is 0.122. The van der Waals surface area contributed by atoms with Crippen molar-refractivity contribution in [3.8, 4) is 0 Å². The van der Waals surface area contributed by atoms with E-state index in [1.807, 2.05) is 0 Å². The lowest BCUT2D eigenvalue weighted by atomic mass is 10.1. The van der Waals surface area contributed by atoms with Gasteiger partial charge in [-0.25, -0.2) is 4.98 Å². The molecule has 3 rings (SSSR count). The molecule has 0 aromatic carbocycles. The largest absolute Gasteiger partial charge is 0.378 e. The highest BCUT2D eigenvalue weighted by Crippen LogP contribution is 2.27. The number of rotatable bonds is 2. The van der Waals surface area contributed by atoms with Gasteiger partial charge in [-0.15, -0.1) is 0 Å². The molecule has 1 aromatic rings. The number of aromatic nitrogens is 1. The van der Waals surface area contributed by atoms with Crippen LogP contribution in [0, 0.1) is 0 Å². The number of hydrogen-bond donors (Lipinski definition) is 1. The Morgan fingerprint density at radius 2 is 2.12 bits per heavy atom. The van der Waals surface area contributed by atoms with Crippen molar-refractivity contribution < 1.29 is 4.74 Å². The third kappa shape index (κ3) is 2.03. The third-order valence-corrected chi connectivity index (χ3v) is 3.64. The van der Waals surface area contributed by atoms with Gasteiger partial charge in [0.15, 0.2) is 0 Å². The summed E-state index contributed by atoms with van der Waals surface area (Å²) in [6.45, 7) is 4.02. The van der Waals surface area contributed by atoms with E-state index in [1.165, 1.54) is 29.7 Å². The Kier molecular flexibility index (Phi) is 2.99. The first-order chi connectivity index (χ1) is 8.38. The zero-order valence-corrected chi connectivity index (χ0v) is 10.1. The molecule has 0 unspecified atom stereocenters. The van der Waals surface area contributed by atoms with Gasteiger partial charge in [-0.3, -0.25) is 0 Å². The molecule has 2 heterocycles. The van der Waals surface area contributed by atoms with E-state index in [1.54, 1.807) is 0 Å². The Morgan fingerprint density at radius 1 is 1.29 bits per heavy atom. The normalized spacial score (nSPS) is 19.5. The van der Waals surface area contributed by atoms with Crippen molar-refractivity contribution in [3.05, 3.63) is 22.9 Å². The van der Waals surface area contributed by atoms with Crippen LogP contribution in [0.15, 0.2) is 6.07 Å². The van der Waals surface area contributed by atoms with E-state index in [4.69, 9.17) is 15.5 Å². The molecule has 92 valence electrons. The highest BCUT2D eigenvalue weighted by molar-refractivity contribution is 5.51. The van der Waals surface area contributed by atoms with Crippen LogP contribution in [-0.2, 0) is 24.1 Å². The van der Waals surface area contributed by atoms with Crippen LogP contribution in [0.2, 0.25) is 0 Å². The molecule has 4 heteroatoms. The van der Waals surface area contributed by atoms with Crippen molar-refractivity contribution >= 4 is 5.82 Å². The van der Waals surface area contributed by atoms with Crippen molar-refractivity contribution in [3.63, 3.8) is 0 Å². The molecule has 0 atom stereocenters. The Hall–Kier alpha value is -1.13. The first-order valence-electron chi connectivity index (χ1n) is 6.43. The van der Waals surface area contributed by atoms with Crippen LogP contribution in [0.25, 0.3) is 0 Å². The maximum atomic E-state index is 5.85. The summed E-state index contributed by atoms with van der Waals surface area (Å²) < 4.78 is 5.39. The van der Waals surface area contributed by atoms with Crippen LogP contribution >= 0.6 is 0 Å². The molecule has 2 N–H and O–H groups in total. The summed E-state index contributed by atoms with van der Waals surface area (Å²) in [5, 5.41) is 0. The van der Waals surface area contributed by atoms with E-state index in [0.717, 1.165) is 38.5 Å². The Bertz CT molecular complexity index is 413. The van der Waals surface area contributed by atoms with E-state index < -0.39 is 0 Å². The molecule has 17 heavy (non-hydrogen) atoms. The quantitative estimate of drug-likeness (QED) is 0.823. The van der Waals surface area contributed by atoms with E-state index in [0.29, 0.717) is 6.54 Å². The van der Waals surface area contributed by atoms with Crippen LogP contribution in [-0.4, -0.2) is 31.3 Å². The van der Waals surface area contributed by atoms with Crippen LogP contribution < -0.4 is 10.6 Å². The molecule has 2 aliphatic rings. The number of morpholine rings is 1. The van der Waals surface area contributed by atoms with Gasteiger partial charge in [-0.2, -0.15) is 0 Å². The maximum Gasteiger partial charge on any atom is 0.133 e. The minimum absolute atomic E-state index is 0.576. The zero-order chi connectivity index (χ0) is 11.7. The molecule has 0 bridgehead atoms. The number of nitrogens with zero attached hydrogens (tertiary/aromatic N) is 2. The van der Waals surface area contributed by atoms with E-state index in [9.17, 15) is 0 Å². The summed E-state index contributed by atoms with van der Waals surface area (Å²) in [4.78, 5) is 7.15. The molecule has 0 radical (unpaired) electrons. The van der Waals surface area contributed by atoms with Crippen molar-refractivity contribution in [1.82, 2.24) is 4.98 Å². The molecule has 1 aliphatic heterocycles. The van der Waals surface area contributed by atoms with E-state index >= 15 is 0 Å². The van der Waals surface area contributed by atoms with Gasteiger partial charge >= 0.3 is 0 Å². The van der Waals surface area contributed by atoms with Gasteiger partial charge in [0.25, 0.3) is 0 Å². The molecule has 1 aromatic heterocycles. The van der Waals surface area contributed by atoms with Gasteiger partial charge in [0.2, 0.25) is 0 Å². The Morgan fingerprint density at radius 3 is 2.88 bits per heavy atom. The first-order valence-corrected chi connectivity index (χ1v) is 6.43. The van der Waals surface area contributed by atoms with Crippen LogP contribution in [0.5, 0.6) is 0 Å². The van der Waals surface area contributed by atoms with Crippen molar-refractivity contribution in [2.24, 2.45) is 5.73 Å². The van der Waals surface area contributed by atoms with Crippen molar-refractivity contribution in [2.45, 2.75) is 25.8 Å². The number of nitrogens with two attached hydrogens (primary N) is 1. The highest BCUT2D eigenvalue weighted by Gasteiger charge is 2.20. The van der Waals surface area contributed by atoms with Gasteiger partial charge < -0.3 is 15.4 Å². The van der Waals surface area contributed by atoms with E-state index in [-0.39, 0.29) is 0 Å². The van der Waals surface area contributed by atoms with Crippen LogP contribution in [0.1, 0.15) is 23.2 Å². The molecule has 0 amide bonds. The lowest BCUT2D eigenvalue weighted by Crippen LogP contribution is -2.37. The summed E-state index contributed by atoms with van der Waals surface area (Å²) in [7, 11) is 0. The van der Waals surface area contributed by atoms with Crippen LogP contribution in [0.4, 0.5) is 5.82 Å². The zero-order valence-electron chi connectivity index (χ0n) is 10.1. The smallest absolute Gasteiger partial charge is 0.133 e. The second kappa shape index (κ2) is 4.63. The van der Waals surface area contributed by atoms with Gasteiger partial charge in [-0.1, -0.05) is 0 Å². The second-order valence-corrected chi connectivity index (χ2v) is 4.73. The number of hydrogen-bond acceptors (Lipinski definition) is 4. The van der Waals surface area contributed by atoms with Gasteiger partial charge in [0.1, 0.15) is 5.82 Å². The molecule has 1 fully saturated rings. The topological polar surface area (TPSA) is 51.4 Å². The first kappa shape index (κ1) is 11.0. The summed E-state index contributed by atoms with van der Waals surface area (Å²) >= 11 is 0. The number of fused-ring (bicyclic) bond motifs is 1. The van der Waals surface area contributed by atoms with Gasteiger partial charge in [-0.05, 0) is 30.9 Å². The lowest BCUT2D eigenvalue weighted by Gasteiger charge is -2.29. The van der Waals surface area contributed by atoms with Crippen molar-refractivity contribution in [2.75, 3.05) is 31.2 Å². The predicted molar refractivity (Wildman–Crippen MR) is 67.2 cm³/mol. The molecule has 0 saturated carbocycles. The second-order valence-electron chi connectivity index (χ2n) is 4.73. The van der Waals surface area contributed by atoms with Gasteiger partial charge in [0.05, 0.1) is 13.2 Å². The highest BCUT2D eigenvalue weighted by atomic mass is 16.5. The summed E-state index contributed by atoms with van der Waals surface area (Å²) in [5.74, 6) is 1.09. The summed E-state index contributed by atoms with van der Waals surface area (Å²) in [6, 6.07) is 2.26. The summed E-state index contributed by atoms with van der Waals surface area (Å²) in [6.07, 6.45) is 3.52. The summed E-state index contributed by atoms with van der Waals surface area (Å²) in [5.41, 5.74) is 9.73. The number of ether oxygens (including phenoxy) is 1. The van der Waals surface area contributed by atoms with Crippen molar-refractivity contribution in [1.29, 1.82) is 0 Å². The Labute approximate surface area is 102 Å². The number of anilines is 1.